The molecule has 1 heterocycles. The molecule has 2 aromatic rings. The van der Waals surface area contributed by atoms with Gasteiger partial charge in [0.2, 0.25) is 3.79 Å². The topological polar surface area (TPSA) is 122 Å². The van der Waals surface area contributed by atoms with Gasteiger partial charge in [0.15, 0.2) is 12.4 Å². The summed E-state index contributed by atoms with van der Waals surface area (Å²) in [6, 6.07) is 12.5. The molecular formula is C37H47Cl3F3NO9. The third-order valence-electron chi connectivity index (χ3n) is 8.16. The van der Waals surface area contributed by atoms with Crippen LogP contribution in [0.4, 0.5) is 18.0 Å². The Kier molecular flexibility index (Phi) is 19.2. The number of amides is 1. The van der Waals surface area contributed by atoms with Crippen molar-refractivity contribution in [3.05, 3.63) is 83.9 Å². The first-order chi connectivity index (χ1) is 25.2. The summed E-state index contributed by atoms with van der Waals surface area (Å²) < 4.78 is 71.9. The van der Waals surface area contributed by atoms with Crippen molar-refractivity contribution in [3.8, 4) is 0 Å². The molecule has 3 rings (SSSR count). The van der Waals surface area contributed by atoms with Gasteiger partial charge in [-0.3, -0.25) is 4.79 Å². The van der Waals surface area contributed by atoms with E-state index in [2.05, 4.69) is 18.8 Å². The summed E-state index contributed by atoms with van der Waals surface area (Å²) in [5, 5.41) is 14.0. The Bertz CT molecular complexity index is 1380. The predicted molar refractivity (Wildman–Crippen MR) is 193 cm³/mol. The lowest BCUT2D eigenvalue weighted by molar-refractivity contribution is -0.273. The summed E-state index contributed by atoms with van der Waals surface area (Å²) in [4.78, 5) is 26.4. The van der Waals surface area contributed by atoms with Gasteiger partial charge in [0, 0.05) is 0 Å². The van der Waals surface area contributed by atoms with E-state index < -0.39 is 70.9 Å². The van der Waals surface area contributed by atoms with Gasteiger partial charge in [0.1, 0.15) is 24.9 Å². The maximum Gasteiger partial charge on any atom is 0.416 e. The van der Waals surface area contributed by atoms with Crippen molar-refractivity contribution >= 4 is 46.9 Å². The average molecular weight is 813 g/mol. The van der Waals surface area contributed by atoms with Crippen LogP contribution in [0.3, 0.4) is 0 Å². The molecule has 0 aromatic heterocycles. The van der Waals surface area contributed by atoms with Crippen molar-refractivity contribution in [3.63, 3.8) is 0 Å². The summed E-state index contributed by atoms with van der Waals surface area (Å²) >= 11 is 17.2. The second-order valence-electron chi connectivity index (χ2n) is 12.5. The van der Waals surface area contributed by atoms with Gasteiger partial charge < -0.3 is 38.8 Å². The van der Waals surface area contributed by atoms with Crippen LogP contribution >= 0.6 is 34.8 Å². The third kappa shape index (κ3) is 16.7. The number of alkyl halides is 6. The molecule has 2 N–H and O–H groups in total. The number of benzene rings is 2. The highest BCUT2D eigenvalue weighted by Gasteiger charge is 2.49. The Morgan fingerprint density at radius 3 is 2.32 bits per heavy atom. The van der Waals surface area contributed by atoms with Gasteiger partial charge in [-0.1, -0.05) is 122 Å². The number of unbranched alkanes of at least 4 members (excludes halogenated alkanes) is 4. The number of rotatable bonds is 21. The molecule has 16 heteroatoms. The van der Waals surface area contributed by atoms with Crippen LogP contribution in [0.25, 0.3) is 0 Å². The lowest BCUT2D eigenvalue weighted by atomic mass is 9.96. The van der Waals surface area contributed by atoms with Gasteiger partial charge in [-0.25, -0.2) is 4.79 Å². The van der Waals surface area contributed by atoms with E-state index >= 15 is 0 Å². The Morgan fingerprint density at radius 2 is 1.68 bits per heavy atom. The van der Waals surface area contributed by atoms with Crippen molar-refractivity contribution in [2.45, 2.75) is 112 Å². The van der Waals surface area contributed by atoms with Crippen LogP contribution in [0.15, 0.2) is 67.3 Å². The van der Waals surface area contributed by atoms with E-state index in [9.17, 15) is 27.9 Å². The zero-order valence-electron chi connectivity index (χ0n) is 29.4. The number of alkyl carbamates (subject to hydrolysis) is 1. The summed E-state index contributed by atoms with van der Waals surface area (Å²) in [6.45, 7) is 5.07. The summed E-state index contributed by atoms with van der Waals surface area (Å²) in [7, 11) is 0. The molecule has 1 saturated heterocycles. The molecule has 1 aliphatic heterocycles. The first kappa shape index (κ1) is 44.8. The molecule has 1 fully saturated rings. The molecule has 1 amide bonds. The maximum atomic E-state index is 13.6. The van der Waals surface area contributed by atoms with Crippen LogP contribution in [0.1, 0.15) is 68.6 Å². The van der Waals surface area contributed by atoms with Crippen LogP contribution in [-0.2, 0) is 52.6 Å². The lowest BCUT2D eigenvalue weighted by Crippen LogP contribution is -2.66. The summed E-state index contributed by atoms with van der Waals surface area (Å²) in [5.41, 5.74) is 0.569. The Labute approximate surface area is 323 Å². The van der Waals surface area contributed by atoms with Gasteiger partial charge in [-0.05, 0) is 29.7 Å². The van der Waals surface area contributed by atoms with Gasteiger partial charge in [0.05, 0.1) is 44.5 Å². The number of hydrogen-bond acceptors (Lipinski definition) is 9. The molecular weight excluding hydrogens is 766 g/mol. The highest BCUT2D eigenvalue weighted by molar-refractivity contribution is 6.67. The number of carbonyl (C=O) groups excluding carboxylic acids is 2. The number of nitrogens with one attached hydrogen (secondary N) is 1. The van der Waals surface area contributed by atoms with Crippen LogP contribution in [-0.4, -0.2) is 77.5 Å². The fraction of sp³-hybridized carbons (Fsp3) is 0.568. The Morgan fingerprint density at radius 1 is 1.00 bits per heavy atom. The second-order valence-corrected chi connectivity index (χ2v) is 15.0. The van der Waals surface area contributed by atoms with Gasteiger partial charge in [-0.2, -0.15) is 13.2 Å². The maximum absolute atomic E-state index is 13.6. The number of esters is 1. The minimum atomic E-state index is -4.48. The molecule has 0 bridgehead atoms. The fourth-order valence-electron chi connectivity index (χ4n) is 5.46. The number of carbonyl (C=O) groups is 2. The Hall–Kier alpha value is -2.62. The lowest BCUT2D eigenvalue weighted by Gasteiger charge is -2.44. The molecule has 2 aromatic carbocycles. The number of halogens is 6. The number of aliphatic hydroxyl groups is 1. The zero-order chi connectivity index (χ0) is 38.9. The predicted octanol–water partition coefficient (Wildman–Crippen LogP) is 8.22. The van der Waals surface area contributed by atoms with E-state index in [1.165, 1.54) is 18.2 Å². The molecule has 0 saturated carbocycles. The van der Waals surface area contributed by atoms with E-state index in [0.29, 0.717) is 12.0 Å². The molecule has 0 aliphatic carbocycles. The standard InChI is InChI=1S/C37H47Cl3F3NO9/c1-3-5-6-7-11-14-28(50-22-26-15-17-27(18-16-26)37(41,42)43)20-30(45)53-33-31(44-35(47)51-24-36(38,39)40)34(49-19-4-2)52-29(32(33)46)23-48-21-25-12-9-8-10-13-25/h4,8-10,12-13,15-18,28-29,31-34,46H,2-3,5-7,11,14,19-24H2,1H3,(H,44,47)/t28-,29-,31-,32-,33-,34+/m1/s1. The van der Waals surface area contributed by atoms with Crippen molar-refractivity contribution in [2.75, 3.05) is 19.8 Å². The highest BCUT2D eigenvalue weighted by atomic mass is 35.6. The minimum Gasteiger partial charge on any atom is -0.457 e. The molecule has 0 spiro atoms. The molecule has 0 radical (unpaired) electrons. The molecule has 53 heavy (non-hydrogen) atoms. The average Bonchev–Trinajstić information content (AvgIpc) is 3.11. The molecule has 1 aliphatic rings. The first-order valence-corrected chi connectivity index (χ1v) is 18.5. The van der Waals surface area contributed by atoms with E-state index in [0.717, 1.165) is 49.8 Å². The second kappa shape index (κ2) is 22.7. The van der Waals surface area contributed by atoms with E-state index in [4.69, 9.17) is 63.2 Å². The fourth-order valence-corrected chi connectivity index (χ4v) is 5.62. The summed E-state index contributed by atoms with van der Waals surface area (Å²) in [6.07, 6.45) is -5.26. The van der Waals surface area contributed by atoms with Crippen LogP contribution in [0.2, 0.25) is 0 Å². The Balaban J connectivity index is 1.79. The normalized spacial score (nSPS) is 21.1. The molecule has 10 nitrogen and oxygen atoms in total. The SMILES string of the molecule is C=CCO[C@H]1O[C@H](COCc2ccccc2)[C@@H](O)[C@H](OC(=O)C[C@@H](CCCCCCC)OCc2ccc(C(F)(F)F)cc2)[C@H]1NC(=O)OCC(Cl)(Cl)Cl. The summed E-state index contributed by atoms with van der Waals surface area (Å²) in [5.74, 6) is -0.783. The van der Waals surface area contributed by atoms with Gasteiger partial charge >= 0.3 is 18.2 Å². The molecule has 0 unspecified atom stereocenters. The van der Waals surface area contributed by atoms with Gasteiger partial charge in [-0.15, -0.1) is 6.58 Å². The number of hydrogen-bond donors (Lipinski definition) is 2. The van der Waals surface area contributed by atoms with E-state index in [1.54, 1.807) is 0 Å². The third-order valence-corrected chi connectivity index (χ3v) is 8.48. The van der Waals surface area contributed by atoms with Crippen LogP contribution in [0, 0.1) is 0 Å². The van der Waals surface area contributed by atoms with Crippen molar-refractivity contribution < 1.29 is 56.3 Å². The largest absolute Gasteiger partial charge is 0.457 e. The minimum absolute atomic E-state index is 0.0434. The van der Waals surface area contributed by atoms with E-state index in [-0.39, 0.29) is 32.8 Å². The zero-order valence-corrected chi connectivity index (χ0v) is 31.7. The highest BCUT2D eigenvalue weighted by Crippen LogP contribution is 2.30. The van der Waals surface area contributed by atoms with Crippen molar-refractivity contribution in [1.29, 1.82) is 0 Å². The quantitative estimate of drug-likeness (QED) is 0.0556. The monoisotopic (exact) mass is 811 g/mol. The molecule has 6 atom stereocenters. The number of aliphatic hydroxyl groups excluding tert-OH is 1. The smallest absolute Gasteiger partial charge is 0.416 e. The van der Waals surface area contributed by atoms with Crippen LogP contribution in [0.5, 0.6) is 0 Å². The number of ether oxygens (including phenoxy) is 6. The first-order valence-electron chi connectivity index (χ1n) is 17.3. The van der Waals surface area contributed by atoms with Crippen LogP contribution < -0.4 is 5.32 Å². The van der Waals surface area contributed by atoms with E-state index in [1.807, 2.05) is 30.3 Å². The molecule has 296 valence electrons. The van der Waals surface area contributed by atoms with Crippen molar-refractivity contribution in [1.82, 2.24) is 5.32 Å². The van der Waals surface area contributed by atoms with Crippen molar-refractivity contribution in [2.24, 2.45) is 0 Å². The van der Waals surface area contributed by atoms with Gasteiger partial charge in [0.25, 0.3) is 0 Å².